The first-order chi connectivity index (χ1) is 9.17. The zero-order valence-electron chi connectivity index (χ0n) is 11.4. The first-order valence-electron chi connectivity index (χ1n) is 7.06. The van der Waals surface area contributed by atoms with Crippen LogP contribution in [0.15, 0.2) is 18.2 Å². The molecule has 1 aliphatic heterocycles. The molecule has 1 heterocycles. The van der Waals surface area contributed by atoms with Crippen molar-refractivity contribution in [3.63, 3.8) is 0 Å². The van der Waals surface area contributed by atoms with E-state index in [1.165, 1.54) is 18.4 Å². The number of nitrogens with two attached hydrogens (primary N) is 1. The first-order valence-corrected chi connectivity index (χ1v) is 7.82. The van der Waals surface area contributed by atoms with Crippen molar-refractivity contribution in [3.05, 3.63) is 33.8 Å². The van der Waals surface area contributed by atoms with Crippen LogP contribution in [0.1, 0.15) is 37.8 Å². The van der Waals surface area contributed by atoms with Crippen LogP contribution in [0, 0.1) is 5.92 Å². The molecule has 1 fully saturated rings. The first kappa shape index (κ1) is 15.1. The van der Waals surface area contributed by atoms with E-state index >= 15 is 0 Å². The second-order valence-corrected chi connectivity index (χ2v) is 6.13. The lowest BCUT2D eigenvalue weighted by molar-refractivity contribution is 0.0961. The van der Waals surface area contributed by atoms with E-state index in [-0.39, 0.29) is 0 Å². The molecular weight excluding hydrogens is 279 g/mol. The van der Waals surface area contributed by atoms with Crippen LogP contribution in [0.5, 0.6) is 0 Å². The van der Waals surface area contributed by atoms with Gasteiger partial charge in [-0.15, -0.1) is 0 Å². The lowest BCUT2D eigenvalue weighted by Gasteiger charge is -2.41. The van der Waals surface area contributed by atoms with E-state index in [4.69, 9.17) is 28.9 Å². The molecule has 2 nitrogen and oxygen atoms in total. The zero-order chi connectivity index (χ0) is 13.8. The van der Waals surface area contributed by atoms with Crippen LogP contribution in [0.4, 0.5) is 0 Å². The Kier molecular flexibility index (Phi) is 5.52. The summed E-state index contributed by atoms with van der Waals surface area (Å²) < 4.78 is 0. The van der Waals surface area contributed by atoms with Gasteiger partial charge in [-0.25, -0.2) is 0 Å². The highest BCUT2D eigenvalue weighted by molar-refractivity contribution is 6.35. The lowest BCUT2D eigenvalue weighted by Crippen LogP contribution is -2.42. The van der Waals surface area contributed by atoms with Crippen molar-refractivity contribution in [2.75, 3.05) is 19.6 Å². The summed E-state index contributed by atoms with van der Waals surface area (Å²) in [5.41, 5.74) is 7.15. The highest BCUT2D eigenvalue weighted by Gasteiger charge is 2.32. The van der Waals surface area contributed by atoms with E-state index in [1.807, 2.05) is 12.1 Å². The molecule has 19 heavy (non-hydrogen) atoms. The lowest BCUT2D eigenvalue weighted by atomic mass is 9.84. The highest BCUT2D eigenvalue weighted by Crippen LogP contribution is 2.39. The summed E-state index contributed by atoms with van der Waals surface area (Å²) in [6.07, 6.45) is 3.56. The summed E-state index contributed by atoms with van der Waals surface area (Å²) in [6.45, 7) is 5.16. The van der Waals surface area contributed by atoms with Gasteiger partial charge in [-0.2, -0.15) is 0 Å². The molecule has 2 atom stereocenters. The summed E-state index contributed by atoms with van der Waals surface area (Å²) in [5, 5.41) is 1.45. The van der Waals surface area contributed by atoms with E-state index < -0.39 is 0 Å². The maximum Gasteiger partial charge on any atom is 0.0468 e. The minimum absolute atomic E-state index is 0.337. The van der Waals surface area contributed by atoms with E-state index in [0.29, 0.717) is 23.5 Å². The SMILES string of the molecule is CCCN1CCCC(CN)C1c1ccc(Cl)cc1Cl. The number of nitrogens with zero attached hydrogens (tertiary/aromatic N) is 1. The summed E-state index contributed by atoms with van der Waals surface area (Å²) >= 11 is 12.4. The third kappa shape index (κ3) is 3.43. The van der Waals surface area contributed by atoms with Gasteiger partial charge >= 0.3 is 0 Å². The Morgan fingerprint density at radius 1 is 1.37 bits per heavy atom. The average molecular weight is 301 g/mol. The Balaban J connectivity index is 2.33. The van der Waals surface area contributed by atoms with Gasteiger partial charge < -0.3 is 5.73 Å². The number of piperidine rings is 1. The Hall–Kier alpha value is -0.280. The van der Waals surface area contributed by atoms with Gasteiger partial charge in [0, 0.05) is 16.1 Å². The van der Waals surface area contributed by atoms with Gasteiger partial charge in [0.15, 0.2) is 0 Å². The van der Waals surface area contributed by atoms with Gasteiger partial charge in [0.25, 0.3) is 0 Å². The molecule has 2 N–H and O–H groups in total. The Morgan fingerprint density at radius 3 is 2.79 bits per heavy atom. The summed E-state index contributed by atoms with van der Waals surface area (Å²) in [4.78, 5) is 2.52. The molecular formula is C15H22Cl2N2. The fourth-order valence-corrected chi connectivity index (χ4v) is 3.65. The standard InChI is InChI=1S/C15H22Cl2N2/c1-2-7-19-8-3-4-11(10-18)15(19)13-6-5-12(16)9-14(13)17/h5-6,9,11,15H,2-4,7-8,10,18H2,1H3. The van der Waals surface area contributed by atoms with Crippen molar-refractivity contribution in [2.45, 2.75) is 32.2 Å². The molecule has 4 heteroatoms. The van der Waals surface area contributed by atoms with Gasteiger partial charge in [-0.05, 0) is 62.5 Å². The second kappa shape index (κ2) is 6.94. The number of hydrogen-bond acceptors (Lipinski definition) is 2. The Labute approximate surface area is 125 Å². The maximum atomic E-state index is 6.40. The molecule has 1 saturated heterocycles. The minimum atomic E-state index is 0.337. The molecule has 0 aliphatic carbocycles. The number of likely N-dealkylation sites (tertiary alicyclic amines) is 1. The number of halogens is 2. The van der Waals surface area contributed by atoms with E-state index in [9.17, 15) is 0 Å². The number of rotatable bonds is 4. The summed E-state index contributed by atoms with van der Waals surface area (Å²) in [6, 6.07) is 6.16. The maximum absolute atomic E-state index is 6.40. The normalized spacial score (nSPS) is 24.6. The van der Waals surface area contributed by atoms with E-state index in [0.717, 1.165) is 24.5 Å². The van der Waals surface area contributed by atoms with Crippen molar-refractivity contribution >= 4 is 23.2 Å². The monoisotopic (exact) mass is 300 g/mol. The van der Waals surface area contributed by atoms with Crippen LogP contribution in [0.3, 0.4) is 0 Å². The largest absolute Gasteiger partial charge is 0.330 e. The predicted octanol–water partition coefficient (Wildman–Crippen LogP) is 4.12. The van der Waals surface area contributed by atoms with Gasteiger partial charge in [-0.1, -0.05) is 36.2 Å². The van der Waals surface area contributed by atoms with Crippen LogP contribution in [0.2, 0.25) is 10.0 Å². The van der Waals surface area contributed by atoms with Crippen molar-refractivity contribution in [3.8, 4) is 0 Å². The second-order valence-electron chi connectivity index (χ2n) is 5.28. The smallest absolute Gasteiger partial charge is 0.0468 e. The van der Waals surface area contributed by atoms with Crippen molar-refractivity contribution in [2.24, 2.45) is 11.7 Å². The number of hydrogen-bond donors (Lipinski definition) is 1. The van der Waals surface area contributed by atoms with Crippen LogP contribution in [0.25, 0.3) is 0 Å². The van der Waals surface area contributed by atoms with Crippen molar-refractivity contribution < 1.29 is 0 Å². The quantitative estimate of drug-likeness (QED) is 0.906. The highest BCUT2D eigenvalue weighted by atomic mass is 35.5. The topological polar surface area (TPSA) is 29.3 Å². The van der Waals surface area contributed by atoms with Gasteiger partial charge in [-0.3, -0.25) is 4.90 Å². The zero-order valence-corrected chi connectivity index (χ0v) is 12.9. The minimum Gasteiger partial charge on any atom is -0.330 e. The predicted molar refractivity (Wildman–Crippen MR) is 82.8 cm³/mol. The third-order valence-corrected chi connectivity index (χ3v) is 4.52. The average Bonchev–Trinajstić information content (AvgIpc) is 2.39. The molecule has 0 spiro atoms. The molecule has 1 aromatic carbocycles. The molecule has 0 amide bonds. The fourth-order valence-electron chi connectivity index (χ4n) is 3.13. The molecule has 2 rings (SSSR count). The molecule has 0 aromatic heterocycles. The Bertz CT molecular complexity index is 421. The molecule has 106 valence electrons. The van der Waals surface area contributed by atoms with Gasteiger partial charge in [0.1, 0.15) is 0 Å². The number of benzene rings is 1. The molecule has 0 saturated carbocycles. The Morgan fingerprint density at radius 2 is 2.16 bits per heavy atom. The molecule has 0 bridgehead atoms. The summed E-state index contributed by atoms with van der Waals surface area (Å²) in [7, 11) is 0. The summed E-state index contributed by atoms with van der Waals surface area (Å²) in [5.74, 6) is 0.485. The van der Waals surface area contributed by atoms with Crippen LogP contribution in [-0.2, 0) is 0 Å². The van der Waals surface area contributed by atoms with Crippen LogP contribution >= 0.6 is 23.2 Å². The van der Waals surface area contributed by atoms with Gasteiger partial charge in [0.05, 0.1) is 0 Å². The van der Waals surface area contributed by atoms with Crippen LogP contribution in [-0.4, -0.2) is 24.5 Å². The van der Waals surface area contributed by atoms with E-state index in [1.54, 1.807) is 0 Å². The van der Waals surface area contributed by atoms with Crippen molar-refractivity contribution in [1.82, 2.24) is 4.90 Å². The molecule has 2 unspecified atom stereocenters. The molecule has 1 aliphatic rings. The van der Waals surface area contributed by atoms with Crippen molar-refractivity contribution in [1.29, 1.82) is 0 Å². The fraction of sp³-hybridized carbons (Fsp3) is 0.600. The van der Waals surface area contributed by atoms with E-state index in [2.05, 4.69) is 17.9 Å². The van der Waals surface area contributed by atoms with Crippen LogP contribution < -0.4 is 5.73 Å². The molecule has 0 radical (unpaired) electrons. The third-order valence-electron chi connectivity index (χ3n) is 3.95. The molecule has 1 aromatic rings. The van der Waals surface area contributed by atoms with Gasteiger partial charge in [0.2, 0.25) is 0 Å².